The Kier molecular flexibility index (Phi) is 2.91. The fourth-order valence-electron chi connectivity index (χ4n) is 3.82. The van der Waals surface area contributed by atoms with Gasteiger partial charge in [0.2, 0.25) is 17.7 Å². The number of hydrogen-bond donors (Lipinski definition) is 3. The van der Waals surface area contributed by atoms with Crippen LogP contribution in [-0.2, 0) is 10.2 Å². The lowest BCUT2D eigenvalue weighted by atomic mass is 9.68. The first kappa shape index (κ1) is 15.2. The molecule has 8 nitrogen and oxygen atoms in total. The van der Waals surface area contributed by atoms with Gasteiger partial charge in [-0.05, 0) is 18.2 Å². The SMILES string of the molecule is N#CC1=C(N)Oc2n[nH]c(-c3cccnc3)c2[C@@]12C(=O)Nc1ccccc12. The molecule has 0 saturated carbocycles. The zero-order valence-corrected chi connectivity index (χ0v) is 13.9. The second kappa shape index (κ2) is 5.19. The number of rotatable bonds is 1. The molecule has 1 spiro atoms. The first-order chi connectivity index (χ1) is 13.2. The van der Waals surface area contributed by atoms with Crippen LogP contribution in [0.25, 0.3) is 11.3 Å². The Bertz CT molecular complexity index is 1170. The molecule has 3 aromatic rings. The minimum Gasteiger partial charge on any atom is -0.420 e. The first-order valence-electron chi connectivity index (χ1n) is 8.16. The van der Waals surface area contributed by atoms with Crippen LogP contribution in [-0.4, -0.2) is 21.1 Å². The molecular formula is C19H12N6O2. The molecule has 4 N–H and O–H groups in total. The van der Waals surface area contributed by atoms with Crippen molar-refractivity contribution in [2.45, 2.75) is 5.41 Å². The predicted molar refractivity (Wildman–Crippen MR) is 95.1 cm³/mol. The van der Waals surface area contributed by atoms with Crippen molar-refractivity contribution in [1.82, 2.24) is 15.2 Å². The summed E-state index contributed by atoms with van der Waals surface area (Å²) in [5.41, 5.74) is 7.56. The molecule has 0 bridgehead atoms. The van der Waals surface area contributed by atoms with Crippen LogP contribution in [0.15, 0.2) is 60.2 Å². The van der Waals surface area contributed by atoms with Gasteiger partial charge in [0.25, 0.3) is 0 Å². The van der Waals surface area contributed by atoms with E-state index in [1.54, 1.807) is 30.6 Å². The Hall–Kier alpha value is -4.12. The lowest BCUT2D eigenvalue weighted by Gasteiger charge is -2.31. The normalized spacial score (nSPS) is 19.9. The molecule has 0 fully saturated rings. The number of benzene rings is 1. The second-order valence-corrected chi connectivity index (χ2v) is 6.22. The third-order valence-corrected chi connectivity index (χ3v) is 4.92. The Morgan fingerprint density at radius 3 is 2.85 bits per heavy atom. The van der Waals surface area contributed by atoms with Crippen LogP contribution in [0, 0.1) is 11.3 Å². The van der Waals surface area contributed by atoms with E-state index in [4.69, 9.17) is 10.5 Å². The topological polar surface area (TPSA) is 130 Å². The molecule has 1 atom stereocenters. The smallest absolute Gasteiger partial charge is 0.245 e. The van der Waals surface area contributed by atoms with Crippen LogP contribution < -0.4 is 15.8 Å². The Balaban J connectivity index is 1.92. The van der Waals surface area contributed by atoms with Crippen LogP contribution in [0.5, 0.6) is 5.88 Å². The fraction of sp³-hybridized carbons (Fsp3) is 0.0526. The van der Waals surface area contributed by atoms with Gasteiger partial charge in [-0.25, -0.2) is 0 Å². The Morgan fingerprint density at radius 2 is 2.07 bits per heavy atom. The zero-order chi connectivity index (χ0) is 18.6. The van der Waals surface area contributed by atoms with Crippen LogP contribution in [0.1, 0.15) is 11.1 Å². The van der Waals surface area contributed by atoms with Crippen molar-refractivity contribution in [2.75, 3.05) is 5.32 Å². The lowest BCUT2D eigenvalue weighted by molar-refractivity contribution is -0.118. The van der Waals surface area contributed by atoms with Gasteiger partial charge in [-0.3, -0.25) is 14.9 Å². The molecule has 1 amide bonds. The van der Waals surface area contributed by atoms with E-state index in [-0.39, 0.29) is 23.2 Å². The number of aromatic amines is 1. The Morgan fingerprint density at radius 1 is 1.22 bits per heavy atom. The largest absolute Gasteiger partial charge is 0.420 e. The molecule has 0 unspecified atom stereocenters. The molecule has 27 heavy (non-hydrogen) atoms. The Labute approximate surface area is 153 Å². The molecule has 2 aliphatic heterocycles. The van der Waals surface area contributed by atoms with Crippen molar-refractivity contribution >= 4 is 11.6 Å². The number of nitrogens with one attached hydrogen (secondary N) is 2. The number of H-pyrrole nitrogens is 1. The zero-order valence-electron chi connectivity index (χ0n) is 13.9. The number of para-hydroxylation sites is 1. The summed E-state index contributed by atoms with van der Waals surface area (Å²) in [5, 5.41) is 19.8. The number of carbonyl (C=O) groups excluding carboxylic acids is 1. The number of nitrogens with two attached hydrogens (primary N) is 1. The van der Waals surface area contributed by atoms with E-state index in [9.17, 15) is 10.1 Å². The van der Waals surface area contributed by atoms with Gasteiger partial charge in [0, 0.05) is 29.2 Å². The van der Waals surface area contributed by atoms with Crippen molar-refractivity contribution in [3.8, 4) is 23.2 Å². The maximum Gasteiger partial charge on any atom is 0.245 e. The summed E-state index contributed by atoms with van der Waals surface area (Å²) in [4.78, 5) is 17.4. The van der Waals surface area contributed by atoms with Gasteiger partial charge in [-0.15, -0.1) is 5.10 Å². The van der Waals surface area contributed by atoms with E-state index in [0.717, 1.165) is 0 Å². The summed E-state index contributed by atoms with van der Waals surface area (Å²) in [6.07, 6.45) is 3.29. The highest BCUT2D eigenvalue weighted by Gasteiger charge is 2.58. The number of aromatic nitrogens is 3. The summed E-state index contributed by atoms with van der Waals surface area (Å²) in [5.74, 6) is -0.349. The van der Waals surface area contributed by atoms with Crippen molar-refractivity contribution in [3.05, 3.63) is 71.4 Å². The van der Waals surface area contributed by atoms with E-state index in [1.807, 2.05) is 18.2 Å². The highest BCUT2D eigenvalue weighted by molar-refractivity contribution is 6.13. The number of nitriles is 1. The average molecular weight is 356 g/mol. The van der Waals surface area contributed by atoms with Gasteiger partial charge in [0.05, 0.1) is 11.3 Å². The maximum absolute atomic E-state index is 13.3. The number of fused-ring (bicyclic) bond motifs is 4. The van der Waals surface area contributed by atoms with E-state index in [2.05, 4.69) is 26.6 Å². The van der Waals surface area contributed by atoms with Crippen LogP contribution in [0.3, 0.4) is 0 Å². The van der Waals surface area contributed by atoms with E-state index < -0.39 is 5.41 Å². The predicted octanol–water partition coefficient (Wildman–Crippen LogP) is 1.80. The van der Waals surface area contributed by atoms with Crippen LogP contribution in [0.4, 0.5) is 5.69 Å². The monoisotopic (exact) mass is 356 g/mol. The number of anilines is 1. The number of amides is 1. The van der Waals surface area contributed by atoms with Gasteiger partial charge >= 0.3 is 0 Å². The molecule has 0 saturated heterocycles. The van der Waals surface area contributed by atoms with Gasteiger partial charge in [0.15, 0.2) is 0 Å². The maximum atomic E-state index is 13.3. The van der Waals surface area contributed by atoms with Crippen molar-refractivity contribution < 1.29 is 9.53 Å². The van der Waals surface area contributed by atoms with E-state index in [1.165, 1.54) is 0 Å². The lowest BCUT2D eigenvalue weighted by Crippen LogP contribution is -2.42. The molecule has 2 aliphatic rings. The molecule has 5 rings (SSSR count). The average Bonchev–Trinajstić information content (AvgIpc) is 3.23. The van der Waals surface area contributed by atoms with Crippen molar-refractivity contribution in [3.63, 3.8) is 0 Å². The molecule has 8 heteroatoms. The number of pyridine rings is 1. The summed E-state index contributed by atoms with van der Waals surface area (Å²) >= 11 is 0. The molecule has 1 aromatic carbocycles. The van der Waals surface area contributed by atoms with E-state index >= 15 is 0 Å². The summed E-state index contributed by atoms with van der Waals surface area (Å²) < 4.78 is 5.58. The third kappa shape index (κ3) is 1.77. The molecule has 130 valence electrons. The van der Waals surface area contributed by atoms with E-state index in [0.29, 0.717) is 28.1 Å². The third-order valence-electron chi connectivity index (χ3n) is 4.92. The van der Waals surface area contributed by atoms with Crippen molar-refractivity contribution in [1.29, 1.82) is 5.26 Å². The molecule has 0 radical (unpaired) electrons. The molecule has 4 heterocycles. The van der Waals surface area contributed by atoms with Gasteiger partial charge in [-0.2, -0.15) is 5.26 Å². The van der Waals surface area contributed by atoms with Crippen LogP contribution >= 0.6 is 0 Å². The summed E-state index contributed by atoms with van der Waals surface area (Å²) in [6.45, 7) is 0. The quantitative estimate of drug-likeness (QED) is 0.609. The number of nitrogens with zero attached hydrogens (tertiary/aromatic N) is 3. The minimum absolute atomic E-state index is 0.0315. The van der Waals surface area contributed by atoms with Gasteiger partial charge < -0.3 is 15.8 Å². The number of hydrogen-bond acceptors (Lipinski definition) is 6. The highest BCUT2D eigenvalue weighted by atomic mass is 16.5. The van der Waals surface area contributed by atoms with Crippen LogP contribution in [0.2, 0.25) is 0 Å². The molecule has 2 aromatic heterocycles. The second-order valence-electron chi connectivity index (χ2n) is 6.22. The summed E-state index contributed by atoms with van der Waals surface area (Å²) in [7, 11) is 0. The highest BCUT2D eigenvalue weighted by Crippen LogP contribution is 2.55. The number of carbonyl (C=O) groups is 1. The fourth-order valence-corrected chi connectivity index (χ4v) is 3.82. The minimum atomic E-state index is -1.44. The van der Waals surface area contributed by atoms with Gasteiger partial charge in [-0.1, -0.05) is 18.2 Å². The molecule has 0 aliphatic carbocycles. The number of ether oxygens (including phenoxy) is 1. The molecular weight excluding hydrogens is 344 g/mol. The van der Waals surface area contributed by atoms with Gasteiger partial charge in [0.1, 0.15) is 17.1 Å². The standard InChI is InChI=1S/C19H12N6O2/c20-8-12-16(21)27-17-14(15(24-25-17)10-4-3-7-22-9-10)19(12)11-5-1-2-6-13(11)23-18(19)26/h1-7,9H,21H2,(H,23,26)(H,24,25)/t19-/m0/s1. The first-order valence-corrected chi connectivity index (χ1v) is 8.16. The summed E-state index contributed by atoms with van der Waals surface area (Å²) in [6, 6.07) is 12.9. The van der Waals surface area contributed by atoms with Crippen molar-refractivity contribution in [2.24, 2.45) is 5.73 Å².